The summed E-state index contributed by atoms with van der Waals surface area (Å²) in [6, 6.07) is 8.31. The Morgan fingerprint density at radius 3 is 2.31 bits per heavy atom. The monoisotopic (exact) mass is 575 g/mol. The molecule has 0 saturated heterocycles. The van der Waals surface area contributed by atoms with Gasteiger partial charge >= 0.3 is 0 Å². The number of rotatable bonds is 14. The predicted molar refractivity (Wildman–Crippen MR) is 185 cm³/mol. The summed E-state index contributed by atoms with van der Waals surface area (Å²) in [5.74, 6) is 1.56. The molecule has 232 valence electrons. The van der Waals surface area contributed by atoms with E-state index in [-0.39, 0.29) is 0 Å². The van der Waals surface area contributed by atoms with Crippen LogP contribution in [-0.4, -0.2) is 43.8 Å². The van der Waals surface area contributed by atoms with Crippen molar-refractivity contribution >= 4 is 23.7 Å². The lowest BCUT2D eigenvalue weighted by atomic mass is 10.0. The molecule has 0 aliphatic carbocycles. The number of benzene rings is 1. The van der Waals surface area contributed by atoms with Crippen LogP contribution in [0.15, 0.2) is 53.3 Å². The highest BCUT2D eigenvalue weighted by Gasteiger charge is 2.10. The second-order valence-corrected chi connectivity index (χ2v) is 10.5. The van der Waals surface area contributed by atoms with Crippen LogP contribution in [0.5, 0.6) is 5.75 Å². The van der Waals surface area contributed by atoms with E-state index in [9.17, 15) is 0 Å². The van der Waals surface area contributed by atoms with Crippen molar-refractivity contribution in [2.75, 3.05) is 20.7 Å². The van der Waals surface area contributed by atoms with Crippen LogP contribution < -0.4 is 10.1 Å². The molecule has 2 aromatic rings. The summed E-state index contributed by atoms with van der Waals surface area (Å²) in [6.45, 7) is 17.8. The van der Waals surface area contributed by atoms with Crippen molar-refractivity contribution in [2.45, 2.75) is 93.9 Å². The second kappa shape index (κ2) is 23.2. The summed E-state index contributed by atoms with van der Waals surface area (Å²) in [7, 11) is 3.69. The molecule has 0 fully saturated rings. The number of nitrogens with one attached hydrogen (secondary N) is 3. The fourth-order valence-electron chi connectivity index (χ4n) is 3.95. The van der Waals surface area contributed by atoms with Crippen LogP contribution in [0.2, 0.25) is 0 Å². The van der Waals surface area contributed by atoms with Crippen LogP contribution in [0.1, 0.15) is 102 Å². The largest absolute Gasteiger partial charge is 0.496 e. The minimum Gasteiger partial charge on any atom is -0.496 e. The highest BCUT2D eigenvalue weighted by atomic mass is 16.5. The predicted octanol–water partition coefficient (Wildman–Crippen LogP) is 9.18. The molecule has 0 aliphatic rings. The molecule has 0 spiro atoms. The summed E-state index contributed by atoms with van der Waals surface area (Å²) in [5.41, 5.74) is 7.25. The molecule has 1 aromatic heterocycles. The SMILES string of the molecule is CCCC(=N)c1cnc(\C(C=N)=C(C)/N=C\C=C/C(C)CC)cc1C.CCCNC.CCCc1ccc(C)cc1OC. The average Bonchev–Trinajstić information content (AvgIpc) is 2.97. The van der Waals surface area contributed by atoms with E-state index < -0.39 is 0 Å². The van der Waals surface area contributed by atoms with E-state index in [1.807, 2.05) is 33.0 Å². The first-order valence-electron chi connectivity index (χ1n) is 15.4. The summed E-state index contributed by atoms with van der Waals surface area (Å²) >= 11 is 0. The Morgan fingerprint density at radius 2 is 1.81 bits per heavy atom. The minimum absolute atomic E-state index is 0.535. The van der Waals surface area contributed by atoms with Crippen molar-refractivity contribution in [3.63, 3.8) is 0 Å². The lowest BCUT2D eigenvalue weighted by molar-refractivity contribution is 0.409. The first-order valence-corrected chi connectivity index (χ1v) is 15.4. The fourth-order valence-corrected chi connectivity index (χ4v) is 3.95. The summed E-state index contributed by atoms with van der Waals surface area (Å²) in [5, 5.41) is 18.9. The molecule has 6 nitrogen and oxygen atoms in total. The minimum atomic E-state index is 0.535. The van der Waals surface area contributed by atoms with Crippen molar-refractivity contribution < 1.29 is 4.74 Å². The van der Waals surface area contributed by atoms with E-state index in [2.05, 4.69) is 81.1 Å². The van der Waals surface area contributed by atoms with Crippen molar-refractivity contribution in [1.82, 2.24) is 10.3 Å². The summed E-state index contributed by atoms with van der Waals surface area (Å²) < 4.78 is 5.28. The van der Waals surface area contributed by atoms with E-state index in [1.54, 1.807) is 19.5 Å². The van der Waals surface area contributed by atoms with Gasteiger partial charge in [-0.05, 0) is 94.4 Å². The highest BCUT2D eigenvalue weighted by molar-refractivity contribution is 6.09. The van der Waals surface area contributed by atoms with Crippen molar-refractivity contribution in [3.05, 3.63) is 76.3 Å². The molecule has 0 bridgehead atoms. The number of pyridine rings is 1. The molecule has 3 N–H and O–H groups in total. The highest BCUT2D eigenvalue weighted by Crippen LogP contribution is 2.21. The second-order valence-electron chi connectivity index (χ2n) is 10.5. The van der Waals surface area contributed by atoms with Crippen LogP contribution in [0.4, 0.5) is 0 Å². The van der Waals surface area contributed by atoms with Crippen molar-refractivity contribution in [1.29, 1.82) is 10.8 Å². The molecule has 0 radical (unpaired) electrons. The molecule has 1 unspecified atom stereocenters. The Kier molecular flexibility index (Phi) is 21.3. The van der Waals surface area contributed by atoms with Crippen LogP contribution in [0.3, 0.4) is 0 Å². The molecule has 0 aliphatic heterocycles. The van der Waals surface area contributed by atoms with E-state index in [0.29, 0.717) is 17.2 Å². The smallest absolute Gasteiger partial charge is 0.122 e. The molecule has 1 heterocycles. The van der Waals surface area contributed by atoms with Gasteiger partial charge in [-0.2, -0.15) is 0 Å². The quantitative estimate of drug-likeness (QED) is 0.196. The third kappa shape index (κ3) is 15.0. The van der Waals surface area contributed by atoms with Gasteiger partial charge in [0.05, 0.1) is 12.8 Å². The topological polar surface area (TPSA) is 94.2 Å². The number of allylic oxidation sites excluding steroid dienone is 4. The van der Waals surface area contributed by atoms with E-state index in [0.717, 1.165) is 60.5 Å². The molecule has 0 amide bonds. The average molecular weight is 576 g/mol. The number of aliphatic imine (C=N–C) groups is 1. The number of methoxy groups -OCH3 is 1. The van der Waals surface area contributed by atoms with Crippen molar-refractivity contribution in [3.8, 4) is 5.75 Å². The first kappa shape index (κ1) is 38.6. The molecular formula is C36H57N5O. The van der Waals surface area contributed by atoms with Gasteiger partial charge in [-0.3, -0.25) is 9.98 Å². The molecule has 0 saturated carbocycles. The van der Waals surface area contributed by atoms with Gasteiger partial charge < -0.3 is 20.9 Å². The fraction of sp³-hybridized carbons (Fsp3) is 0.500. The van der Waals surface area contributed by atoms with Gasteiger partial charge in [0.25, 0.3) is 0 Å². The number of aryl methyl sites for hydroxylation is 3. The molecule has 2 rings (SSSR count). The lowest BCUT2D eigenvalue weighted by Crippen LogP contribution is -2.04. The van der Waals surface area contributed by atoms with Gasteiger partial charge in [-0.1, -0.05) is 72.1 Å². The first-order chi connectivity index (χ1) is 20.1. The zero-order valence-electron chi connectivity index (χ0n) is 28.0. The maximum Gasteiger partial charge on any atom is 0.122 e. The Morgan fingerprint density at radius 1 is 1.10 bits per heavy atom. The van der Waals surface area contributed by atoms with Gasteiger partial charge in [-0.15, -0.1) is 0 Å². The molecule has 6 heteroatoms. The zero-order valence-corrected chi connectivity index (χ0v) is 28.0. The molecule has 1 aromatic carbocycles. The van der Waals surface area contributed by atoms with Crippen molar-refractivity contribution in [2.24, 2.45) is 10.9 Å². The van der Waals surface area contributed by atoms with E-state index in [1.165, 1.54) is 30.2 Å². The molecule has 1 atom stereocenters. The third-order valence-electron chi connectivity index (χ3n) is 6.65. The van der Waals surface area contributed by atoms with Gasteiger partial charge in [0.1, 0.15) is 5.75 Å². The standard InChI is InChI=1S/C21H30N4.C11H16O.C4H11N/c1-6-9-20(23)19-14-25-21(12-16(19)4)18(13-22)17(5)24-11-8-10-15(3)7-2;1-4-5-10-7-6-9(2)8-11(10)12-3;1-3-4-5-2/h8,10-15,22-23H,6-7,9H2,1-5H3;6-8H,4-5H2,1-3H3;5H,3-4H2,1-2H3/b10-8-,18-17-,22-13?,23-20?,24-11-;;. The van der Waals surface area contributed by atoms with E-state index >= 15 is 0 Å². The van der Waals surface area contributed by atoms with E-state index in [4.69, 9.17) is 15.6 Å². The summed E-state index contributed by atoms with van der Waals surface area (Å²) in [6.07, 6.45) is 15.2. The number of nitrogens with zero attached hydrogens (tertiary/aromatic N) is 2. The summed E-state index contributed by atoms with van der Waals surface area (Å²) in [4.78, 5) is 8.89. The van der Waals surface area contributed by atoms with Gasteiger partial charge in [0.15, 0.2) is 0 Å². The Hall–Kier alpha value is -3.38. The maximum absolute atomic E-state index is 8.11. The Bertz CT molecular complexity index is 1160. The van der Waals surface area contributed by atoms with Crippen LogP contribution >= 0.6 is 0 Å². The third-order valence-corrected chi connectivity index (χ3v) is 6.65. The number of aromatic nitrogens is 1. The van der Waals surface area contributed by atoms with Crippen LogP contribution in [0, 0.1) is 30.6 Å². The number of hydrogen-bond acceptors (Lipinski definition) is 6. The van der Waals surface area contributed by atoms with Crippen LogP contribution in [-0.2, 0) is 6.42 Å². The zero-order chi connectivity index (χ0) is 31.9. The number of ether oxygens (including phenoxy) is 1. The van der Waals surface area contributed by atoms with Gasteiger partial charge in [0.2, 0.25) is 0 Å². The Labute approximate surface area is 256 Å². The molecular weight excluding hydrogens is 518 g/mol. The number of hydrogen-bond donors (Lipinski definition) is 3. The van der Waals surface area contributed by atoms with Gasteiger partial charge in [-0.25, -0.2) is 0 Å². The van der Waals surface area contributed by atoms with Crippen LogP contribution in [0.25, 0.3) is 5.57 Å². The normalized spacial score (nSPS) is 12.1. The van der Waals surface area contributed by atoms with Gasteiger partial charge in [0, 0.05) is 41.2 Å². The lowest BCUT2D eigenvalue weighted by Gasteiger charge is -2.10. The maximum atomic E-state index is 8.11. The Balaban J connectivity index is 0.000000811. The molecule has 42 heavy (non-hydrogen) atoms.